The highest BCUT2D eigenvalue weighted by Gasteiger charge is 2.46. The van der Waals surface area contributed by atoms with Gasteiger partial charge in [0.25, 0.3) is 0 Å². The highest BCUT2D eigenvalue weighted by atomic mass is 16.7. The number of aliphatic hydroxyl groups is 3. The fourth-order valence-corrected chi connectivity index (χ4v) is 2.63. The summed E-state index contributed by atoms with van der Waals surface area (Å²) in [5, 5.41) is 32.0. The maximum atomic E-state index is 11.4. The predicted molar refractivity (Wildman–Crippen MR) is 81.9 cm³/mol. The molecule has 0 aliphatic carbocycles. The molecule has 1 aromatic rings. The molecule has 4 N–H and O–H groups in total. The fraction of sp³-hybridized carbons (Fsp3) is 0.562. The van der Waals surface area contributed by atoms with Crippen molar-refractivity contribution in [1.82, 2.24) is 5.32 Å². The Hall–Kier alpha value is -1.67. The van der Waals surface area contributed by atoms with Gasteiger partial charge in [-0.15, -0.1) is 0 Å². The lowest BCUT2D eigenvalue weighted by molar-refractivity contribution is -0.244. The Kier molecular flexibility index (Phi) is 5.59. The molecule has 1 heterocycles. The molecule has 1 aromatic carbocycles. The molecule has 23 heavy (non-hydrogen) atoms. The maximum Gasteiger partial charge on any atom is 0.223 e. The third-order valence-corrected chi connectivity index (χ3v) is 3.82. The Bertz CT molecular complexity index is 564. The lowest BCUT2D eigenvalue weighted by atomic mass is 9.97. The summed E-state index contributed by atoms with van der Waals surface area (Å²) in [7, 11) is 0. The summed E-state index contributed by atoms with van der Waals surface area (Å²) in [6, 6.07) is 4.61. The average Bonchev–Trinajstić information content (AvgIpc) is 2.48. The minimum absolute atomic E-state index is 0.387. The minimum Gasteiger partial charge on any atom is -0.462 e. The van der Waals surface area contributed by atoms with Crippen LogP contribution in [0.15, 0.2) is 18.2 Å². The van der Waals surface area contributed by atoms with Gasteiger partial charge in [0.1, 0.15) is 30.1 Å². The zero-order valence-electron chi connectivity index (χ0n) is 13.4. The van der Waals surface area contributed by atoms with Crippen LogP contribution in [-0.4, -0.2) is 58.5 Å². The SMILES string of the molecule is CC(=O)N[C@@H]1[C@@H](Oc2ccc(C)cc2C)O[C@@H](CO)[C@H](O)[C@H]1O. The summed E-state index contributed by atoms with van der Waals surface area (Å²) in [4.78, 5) is 11.4. The molecular formula is C16H23NO6. The van der Waals surface area contributed by atoms with E-state index in [1.807, 2.05) is 26.0 Å². The molecule has 0 radical (unpaired) electrons. The summed E-state index contributed by atoms with van der Waals surface area (Å²) < 4.78 is 11.3. The molecule has 128 valence electrons. The number of aliphatic hydroxyl groups excluding tert-OH is 3. The van der Waals surface area contributed by atoms with Gasteiger partial charge in [-0.25, -0.2) is 0 Å². The molecule has 0 bridgehead atoms. The van der Waals surface area contributed by atoms with E-state index in [9.17, 15) is 20.1 Å². The fourth-order valence-electron chi connectivity index (χ4n) is 2.63. The topological polar surface area (TPSA) is 108 Å². The average molecular weight is 325 g/mol. The molecule has 1 aliphatic heterocycles. The van der Waals surface area contributed by atoms with Gasteiger partial charge in [0.2, 0.25) is 12.2 Å². The van der Waals surface area contributed by atoms with E-state index in [2.05, 4.69) is 5.32 Å². The van der Waals surface area contributed by atoms with E-state index >= 15 is 0 Å². The summed E-state index contributed by atoms with van der Waals surface area (Å²) in [6.45, 7) is 4.65. The van der Waals surface area contributed by atoms with E-state index in [0.717, 1.165) is 11.1 Å². The van der Waals surface area contributed by atoms with Gasteiger partial charge in [-0.2, -0.15) is 0 Å². The third-order valence-electron chi connectivity index (χ3n) is 3.82. The molecule has 1 amide bonds. The van der Waals surface area contributed by atoms with Crippen molar-refractivity contribution in [3.05, 3.63) is 29.3 Å². The van der Waals surface area contributed by atoms with Crippen molar-refractivity contribution < 1.29 is 29.6 Å². The van der Waals surface area contributed by atoms with Crippen molar-refractivity contribution in [2.24, 2.45) is 0 Å². The number of ether oxygens (including phenoxy) is 2. The Morgan fingerprint density at radius 3 is 2.57 bits per heavy atom. The number of rotatable bonds is 4. The van der Waals surface area contributed by atoms with Crippen molar-refractivity contribution in [3.63, 3.8) is 0 Å². The van der Waals surface area contributed by atoms with Gasteiger partial charge in [-0.1, -0.05) is 17.7 Å². The number of carbonyl (C=O) groups is 1. The van der Waals surface area contributed by atoms with Crippen LogP contribution in [0, 0.1) is 13.8 Å². The number of hydrogen-bond donors (Lipinski definition) is 4. The molecule has 0 spiro atoms. The molecule has 2 rings (SSSR count). The molecule has 1 saturated heterocycles. The highest BCUT2D eigenvalue weighted by molar-refractivity contribution is 5.73. The van der Waals surface area contributed by atoms with Crippen LogP contribution in [0.1, 0.15) is 18.1 Å². The Balaban J connectivity index is 2.25. The van der Waals surface area contributed by atoms with Crippen LogP contribution in [0.3, 0.4) is 0 Å². The first-order valence-electron chi connectivity index (χ1n) is 7.47. The Morgan fingerprint density at radius 1 is 1.30 bits per heavy atom. The van der Waals surface area contributed by atoms with Gasteiger partial charge in [-0.3, -0.25) is 4.79 Å². The molecule has 7 nitrogen and oxygen atoms in total. The van der Waals surface area contributed by atoms with Gasteiger partial charge in [0.05, 0.1) is 6.61 Å². The van der Waals surface area contributed by atoms with Gasteiger partial charge < -0.3 is 30.1 Å². The smallest absolute Gasteiger partial charge is 0.223 e. The molecule has 0 unspecified atom stereocenters. The first-order valence-corrected chi connectivity index (χ1v) is 7.47. The predicted octanol–water partition coefficient (Wildman–Crippen LogP) is -0.374. The zero-order valence-corrected chi connectivity index (χ0v) is 13.4. The lowest BCUT2D eigenvalue weighted by Crippen LogP contribution is -2.65. The Morgan fingerprint density at radius 2 is 2.00 bits per heavy atom. The Labute approximate surface area is 134 Å². The van der Waals surface area contributed by atoms with Crippen molar-refractivity contribution in [3.8, 4) is 5.75 Å². The largest absolute Gasteiger partial charge is 0.462 e. The van der Waals surface area contributed by atoms with Gasteiger partial charge in [-0.05, 0) is 25.5 Å². The first kappa shape index (κ1) is 17.7. The quantitative estimate of drug-likeness (QED) is 0.601. The first-order chi connectivity index (χ1) is 10.8. The number of amides is 1. The second-order valence-electron chi connectivity index (χ2n) is 5.82. The summed E-state index contributed by atoms with van der Waals surface area (Å²) in [6.07, 6.45) is -4.67. The molecule has 0 aromatic heterocycles. The van der Waals surface area contributed by atoms with E-state index in [0.29, 0.717) is 5.75 Å². The second-order valence-corrected chi connectivity index (χ2v) is 5.82. The zero-order chi connectivity index (χ0) is 17.1. The van der Waals surface area contributed by atoms with Crippen LogP contribution in [0.2, 0.25) is 0 Å². The molecule has 7 heteroatoms. The lowest BCUT2D eigenvalue weighted by Gasteiger charge is -2.42. The van der Waals surface area contributed by atoms with E-state index in [4.69, 9.17) is 9.47 Å². The second kappa shape index (κ2) is 7.27. The molecule has 1 fully saturated rings. The maximum absolute atomic E-state index is 11.4. The summed E-state index contributed by atoms with van der Waals surface area (Å²) in [5.74, 6) is 0.151. The van der Waals surface area contributed by atoms with E-state index in [1.165, 1.54) is 6.92 Å². The third kappa shape index (κ3) is 4.00. The van der Waals surface area contributed by atoms with Crippen LogP contribution in [0.4, 0.5) is 0 Å². The van der Waals surface area contributed by atoms with Crippen LogP contribution < -0.4 is 10.1 Å². The van der Waals surface area contributed by atoms with Crippen LogP contribution in [0.25, 0.3) is 0 Å². The normalized spacial score (nSPS) is 30.8. The molecule has 0 saturated carbocycles. The number of benzene rings is 1. The molecule has 1 aliphatic rings. The van der Waals surface area contributed by atoms with E-state index in [-0.39, 0.29) is 5.91 Å². The van der Waals surface area contributed by atoms with Crippen molar-refractivity contribution in [1.29, 1.82) is 0 Å². The van der Waals surface area contributed by atoms with Crippen molar-refractivity contribution in [2.75, 3.05) is 6.61 Å². The van der Waals surface area contributed by atoms with Gasteiger partial charge in [0, 0.05) is 6.92 Å². The number of carbonyl (C=O) groups excluding carboxylic acids is 1. The monoisotopic (exact) mass is 325 g/mol. The van der Waals surface area contributed by atoms with E-state index in [1.54, 1.807) is 6.07 Å². The van der Waals surface area contributed by atoms with Gasteiger partial charge >= 0.3 is 0 Å². The number of aryl methyl sites for hydroxylation is 2. The van der Waals surface area contributed by atoms with Crippen LogP contribution in [-0.2, 0) is 9.53 Å². The molecule has 5 atom stereocenters. The summed E-state index contributed by atoms with van der Waals surface area (Å²) >= 11 is 0. The number of nitrogens with one attached hydrogen (secondary N) is 1. The standard InChI is InChI=1S/C16H23NO6/c1-8-4-5-11(9(2)6-8)22-16-13(17-10(3)19)15(21)14(20)12(7-18)23-16/h4-6,12-16,18,20-21H,7H2,1-3H3,(H,17,19)/t12-,13-,14-,15-,16-/m0/s1. The van der Waals surface area contributed by atoms with E-state index < -0.39 is 37.3 Å². The number of hydrogen-bond acceptors (Lipinski definition) is 6. The highest BCUT2D eigenvalue weighted by Crippen LogP contribution is 2.26. The van der Waals surface area contributed by atoms with Gasteiger partial charge in [0.15, 0.2) is 0 Å². The van der Waals surface area contributed by atoms with Crippen LogP contribution in [0.5, 0.6) is 5.75 Å². The van der Waals surface area contributed by atoms with Crippen molar-refractivity contribution >= 4 is 5.91 Å². The van der Waals surface area contributed by atoms with Crippen LogP contribution >= 0.6 is 0 Å². The van der Waals surface area contributed by atoms with Crippen molar-refractivity contribution in [2.45, 2.75) is 51.4 Å². The summed E-state index contributed by atoms with van der Waals surface area (Å²) in [5.41, 5.74) is 1.94. The minimum atomic E-state index is -1.32. The molecular weight excluding hydrogens is 302 g/mol.